The maximum absolute atomic E-state index is 12.7. The summed E-state index contributed by atoms with van der Waals surface area (Å²) in [4.78, 5) is 29.1. The van der Waals surface area contributed by atoms with E-state index in [1.165, 1.54) is 51.4 Å². The highest BCUT2D eigenvalue weighted by molar-refractivity contribution is 5.85. The molecule has 4 rings (SSSR count). The van der Waals surface area contributed by atoms with E-state index in [9.17, 15) is 9.59 Å². The zero-order valence-electron chi connectivity index (χ0n) is 16.5. The molecule has 2 atom stereocenters. The van der Waals surface area contributed by atoms with E-state index in [4.69, 9.17) is 0 Å². The summed E-state index contributed by atoms with van der Waals surface area (Å²) >= 11 is 0. The molecule has 27 heavy (non-hydrogen) atoms. The Morgan fingerprint density at radius 3 is 1.93 bits per heavy atom. The van der Waals surface area contributed by atoms with E-state index in [1.54, 1.807) is 0 Å². The molecule has 0 aromatic heterocycles. The Labute approximate surface area is 170 Å². The van der Waals surface area contributed by atoms with E-state index in [2.05, 4.69) is 5.32 Å². The number of nitrogens with zero attached hydrogens (tertiary/aromatic N) is 2. The van der Waals surface area contributed by atoms with Crippen molar-refractivity contribution < 1.29 is 9.59 Å². The average Bonchev–Trinajstić information content (AvgIpc) is 3.29. The Balaban J connectivity index is 0.00000210. The van der Waals surface area contributed by atoms with E-state index in [1.807, 2.05) is 9.80 Å². The number of piperazine rings is 1. The number of piperidine rings is 1. The molecule has 154 valence electrons. The Bertz CT molecular complexity index is 504. The van der Waals surface area contributed by atoms with Crippen molar-refractivity contribution in [2.45, 2.75) is 82.7 Å². The van der Waals surface area contributed by atoms with Gasteiger partial charge in [0.1, 0.15) is 0 Å². The van der Waals surface area contributed by atoms with Gasteiger partial charge in [0.05, 0.1) is 0 Å². The van der Waals surface area contributed by atoms with Gasteiger partial charge in [-0.15, -0.1) is 12.4 Å². The summed E-state index contributed by atoms with van der Waals surface area (Å²) < 4.78 is 0. The lowest BCUT2D eigenvalue weighted by atomic mass is 9.89. The minimum Gasteiger partial charge on any atom is -0.339 e. The summed E-state index contributed by atoms with van der Waals surface area (Å²) in [6.45, 7) is 2.91. The molecule has 3 saturated heterocycles. The molecule has 2 unspecified atom stereocenters. The van der Waals surface area contributed by atoms with E-state index in [0.717, 1.165) is 38.5 Å². The van der Waals surface area contributed by atoms with Crippen LogP contribution in [-0.4, -0.2) is 59.9 Å². The number of hydrogen-bond donors (Lipinski definition) is 1. The molecule has 1 aliphatic carbocycles. The van der Waals surface area contributed by atoms with Gasteiger partial charge in [0, 0.05) is 51.1 Å². The van der Waals surface area contributed by atoms with E-state index < -0.39 is 0 Å². The first kappa shape index (κ1) is 20.9. The van der Waals surface area contributed by atoms with Crippen LogP contribution in [0, 0.1) is 11.8 Å². The van der Waals surface area contributed by atoms with Crippen LogP contribution in [0.5, 0.6) is 0 Å². The quantitative estimate of drug-likeness (QED) is 0.775. The number of carbonyl (C=O) groups is 2. The maximum atomic E-state index is 12.7. The predicted octanol–water partition coefficient (Wildman–Crippen LogP) is 2.97. The van der Waals surface area contributed by atoms with Gasteiger partial charge in [0.2, 0.25) is 11.8 Å². The Hall–Kier alpha value is -0.810. The highest BCUT2D eigenvalue weighted by atomic mass is 35.5. The van der Waals surface area contributed by atoms with Crippen LogP contribution in [0.25, 0.3) is 0 Å². The van der Waals surface area contributed by atoms with Crippen LogP contribution in [0.15, 0.2) is 0 Å². The first-order valence-corrected chi connectivity index (χ1v) is 11.0. The molecule has 0 radical (unpaired) electrons. The van der Waals surface area contributed by atoms with Crippen molar-refractivity contribution in [3.05, 3.63) is 0 Å². The monoisotopic (exact) mass is 397 g/mol. The number of fused-ring (bicyclic) bond motifs is 2. The summed E-state index contributed by atoms with van der Waals surface area (Å²) in [5.41, 5.74) is 0. The predicted molar refractivity (Wildman–Crippen MR) is 109 cm³/mol. The van der Waals surface area contributed by atoms with E-state index in [0.29, 0.717) is 42.7 Å². The lowest BCUT2D eigenvalue weighted by molar-refractivity contribution is -0.140. The number of nitrogens with one attached hydrogen (secondary N) is 1. The summed E-state index contributed by atoms with van der Waals surface area (Å²) in [6.07, 6.45) is 12.7. The molecule has 4 aliphatic rings. The van der Waals surface area contributed by atoms with Crippen LogP contribution < -0.4 is 5.32 Å². The fourth-order valence-corrected chi connectivity index (χ4v) is 5.71. The number of halogens is 1. The van der Waals surface area contributed by atoms with Crippen LogP contribution in [0.3, 0.4) is 0 Å². The van der Waals surface area contributed by atoms with Crippen LogP contribution >= 0.6 is 12.4 Å². The van der Waals surface area contributed by atoms with Gasteiger partial charge in [0.15, 0.2) is 0 Å². The minimum absolute atomic E-state index is 0. The second kappa shape index (κ2) is 9.60. The van der Waals surface area contributed by atoms with Gasteiger partial charge in [-0.05, 0) is 43.9 Å². The standard InChI is InChI=1S/C21H35N3O2.ClH/c25-20(8-5-16-3-1-2-4-16)23-9-11-24(12-10-23)21(26)15-17-13-18-6-7-19(14-17)22-18;/h16-19,22H,1-15H2;1H. The largest absolute Gasteiger partial charge is 0.339 e. The van der Waals surface area contributed by atoms with Crippen molar-refractivity contribution >= 4 is 24.2 Å². The molecule has 3 heterocycles. The van der Waals surface area contributed by atoms with Crippen molar-refractivity contribution in [1.82, 2.24) is 15.1 Å². The van der Waals surface area contributed by atoms with Crippen molar-refractivity contribution in [2.24, 2.45) is 11.8 Å². The Morgan fingerprint density at radius 2 is 1.33 bits per heavy atom. The molecule has 4 fully saturated rings. The average molecular weight is 398 g/mol. The van der Waals surface area contributed by atoms with Gasteiger partial charge in [-0.25, -0.2) is 0 Å². The molecule has 2 bridgehead atoms. The molecule has 0 aromatic carbocycles. The van der Waals surface area contributed by atoms with Crippen molar-refractivity contribution in [1.29, 1.82) is 0 Å². The lowest BCUT2D eigenvalue weighted by Crippen LogP contribution is -2.51. The lowest BCUT2D eigenvalue weighted by Gasteiger charge is -2.36. The van der Waals surface area contributed by atoms with Gasteiger partial charge in [-0.2, -0.15) is 0 Å². The third-order valence-corrected chi connectivity index (χ3v) is 7.26. The molecule has 3 aliphatic heterocycles. The van der Waals surface area contributed by atoms with Crippen molar-refractivity contribution in [3.63, 3.8) is 0 Å². The normalized spacial score (nSPS) is 31.0. The van der Waals surface area contributed by atoms with Crippen LogP contribution in [0.4, 0.5) is 0 Å². The molecule has 1 saturated carbocycles. The van der Waals surface area contributed by atoms with Crippen LogP contribution in [0.2, 0.25) is 0 Å². The summed E-state index contributed by atoms with van der Waals surface area (Å²) in [6, 6.07) is 1.31. The highest BCUT2D eigenvalue weighted by Crippen LogP contribution is 2.33. The maximum Gasteiger partial charge on any atom is 0.222 e. The third kappa shape index (κ3) is 5.38. The second-order valence-electron chi connectivity index (χ2n) is 9.13. The first-order valence-electron chi connectivity index (χ1n) is 11.0. The van der Waals surface area contributed by atoms with E-state index >= 15 is 0 Å². The molecular formula is C21H36ClN3O2. The van der Waals surface area contributed by atoms with E-state index in [-0.39, 0.29) is 12.4 Å². The summed E-state index contributed by atoms with van der Waals surface area (Å²) in [5.74, 6) is 1.96. The molecule has 1 N–H and O–H groups in total. The zero-order valence-corrected chi connectivity index (χ0v) is 17.4. The van der Waals surface area contributed by atoms with Gasteiger partial charge < -0.3 is 15.1 Å². The molecule has 0 aromatic rings. The van der Waals surface area contributed by atoms with Crippen LogP contribution in [-0.2, 0) is 9.59 Å². The fraction of sp³-hybridized carbons (Fsp3) is 0.905. The second-order valence-corrected chi connectivity index (χ2v) is 9.13. The summed E-state index contributed by atoms with van der Waals surface area (Å²) in [7, 11) is 0. The highest BCUT2D eigenvalue weighted by Gasteiger charge is 2.35. The number of hydrogen-bond acceptors (Lipinski definition) is 3. The number of carbonyl (C=O) groups excluding carboxylic acids is 2. The molecule has 6 heteroatoms. The fourth-order valence-electron chi connectivity index (χ4n) is 5.71. The SMILES string of the molecule is Cl.O=C(CCC1CCCC1)N1CCN(C(=O)CC2CC3CCC(C2)N3)CC1. The Kier molecular flexibility index (Phi) is 7.43. The number of rotatable bonds is 5. The van der Waals surface area contributed by atoms with Crippen molar-refractivity contribution in [3.8, 4) is 0 Å². The molecular weight excluding hydrogens is 362 g/mol. The molecule has 0 spiro atoms. The third-order valence-electron chi connectivity index (χ3n) is 7.26. The molecule has 5 nitrogen and oxygen atoms in total. The number of amides is 2. The topological polar surface area (TPSA) is 52.7 Å². The van der Waals surface area contributed by atoms with Gasteiger partial charge >= 0.3 is 0 Å². The minimum atomic E-state index is 0. The zero-order chi connectivity index (χ0) is 17.9. The van der Waals surface area contributed by atoms with Gasteiger partial charge in [-0.3, -0.25) is 9.59 Å². The summed E-state index contributed by atoms with van der Waals surface area (Å²) in [5, 5.41) is 3.65. The smallest absolute Gasteiger partial charge is 0.222 e. The Morgan fingerprint density at radius 1 is 0.778 bits per heavy atom. The molecule has 2 amide bonds. The van der Waals surface area contributed by atoms with Gasteiger partial charge in [0.25, 0.3) is 0 Å². The first-order chi connectivity index (χ1) is 12.7. The van der Waals surface area contributed by atoms with Gasteiger partial charge in [-0.1, -0.05) is 25.7 Å². The van der Waals surface area contributed by atoms with Crippen molar-refractivity contribution in [2.75, 3.05) is 26.2 Å². The van der Waals surface area contributed by atoms with Crippen LogP contribution in [0.1, 0.15) is 70.6 Å².